The normalized spacial score (nSPS) is 13.6. The molecule has 1 aliphatic heterocycles. The van der Waals surface area contributed by atoms with Crippen molar-refractivity contribution in [3.63, 3.8) is 0 Å². The lowest BCUT2D eigenvalue weighted by atomic mass is 9.83. The second-order valence-electron chi connectivity index (χ2n) is 29.5. The molecule has 538 valence electrons. The largest absolute Gasteiger partial charge is 0.333 e. The van der Waals surface area contributed by atoms with Crippen molar-refractivity contribution in [3.8, 4) is 83.6 Å². The number of aromatic nitrogens is 1. The molecule has 0 saturated heterocycles. The van der Waals surface area contributed by atoms with Gasteiger partial charge in [-0.05, 0) is 239 Å². The van der Waals surface area contributed by atoms with E-state index in [0.29, 0.717) is 0 Å². The molecule has 1 aliphatic carbocycles. The van der Waals surface area contributed by atoms with Gasteiger partial charge in [0, 0.05) is 67.9 Å². The summed E-state index contributed by atoms with van der Waals surface area (Å²) in [5.74, 6) is 0.0971. The maximum absolute atomic E-state index is 2.56. The molecule has 2 atom stereocenters. The van der Waals surface area contributed by atoms with Crippen molar-refractivity contribution >= 4 is 85.0 Å². The van der Waals surface area contributed by atoms with E-state index in [1.165, 1.54) is 111 Å². The number of benzene rings is 17. The number of hydrogen-bond acceptors (Lipinski definition) is 3. The van der Waals surface area contributed by atoms with Crippen LogP contribution in [0.15, 0.2) is 449 Å². The molecule has 0 saturated carbocycles. The van der Waals surface area contributed by atoms with Crippen LogP contribution in [0.25, 0.3) is 123 Å². The van der Waals surface area contributed by atoms with Crippen LogP contribution < -0.4 is 14.7 Å². The Morgan fingerprint density at radius 2 is 0.553 bits per heavy atom. The van der Waals surface area contributed by atoms with E-state index in [9.17, 15) is 0 Å². The Hall–Kier alpha value is -14.8. The van der Waals surface area contributed by atoms with Crippen LogP contribution in [0.3, 0.4) is 0 Å². The third-order valence-electron chi connectivity index (χ3n) is 22.8. The van der Waals surface area contributed by atoms with Gasteiger partial charge in [-0.2, -0.15) is 0 Å². The first kappa shape index (κ1) is 68.4. The summed E-state index contributed by atoms with van der Waals surface area (Å²) in [6.07, 6.45) is 11.7. The van der Waals surface area contributed by atoms with E-state index < -0.39 is 0 Å². The number of fused-ring (bicyclic) bond motifs is 6. The Morgan fingerprint density at radius 1 is 0.246 bits per heavy atom. The molecule has 0 amide bonds. The summed E-state index contributed by atoms with van der Waals surface area (Å²) in [7, 11) is 0. The Labute approximate surface area is 666 Å². The van der Waals surface area contributed by atoms with Crippen LogP contribution in [0, 0.1) is 0 Å². The van der Waals surface area contributed by atoms with E-state index in [1.54, 1.807) is 0 Å². The zero-order valence-corrected chi connectivity index (χ0v) is 62.8. The van der Waals surface area contributed by atoms with Gasteiger partial charge in [0.2, 0.25) is 0 Å². The summed E-state index contributed by atoms with van der Waals surface area (Å²) >= 11 is 0. The van der Waals surface area contributed by atoms with Crippen LogP contribution in [0.4, 0.5) is 45.5 Å². The number of rotatable bonds is 18. The highest BCUT2D eigenvalue weighted by atomic mass is 15.2. The van der Waals surface area contributed by atoms with Crippen molar-refractivity contribution in [2.24, 2.45) is 0 Å². The van der Waals surface area contributed by atoms with Gasteiger partial charge < -0.3 is 19.3 Å². The summed E-state index contributed by atoms with van der Waals surface area (Å²) in [6.45, 7) is 0. The highest BCUT2D eigenvalue weighted by molar-refractivity contribution is 6.12. The molecule has 1 aromatic heterocycles. The molecule has 0 fully saturated rings. The lowest BCUT2D eigenvalue weighted by molar-refractivity contribution is 0.747. The highest BCUT2D eigenvalue weighted by Crippen LogP contribution is 2.53. The van der Waals surface area contributed by atoms with E-state index in [4.69, 9.17) is 0 Å². The van der Waals surface area contributed by atoms with Gasteiger partial charge in [0.15, 0.2) is 0 Å². The summed E-state index contributed by atoms with van der Waals surface area (Å²) < 4.78 is 2.44. The molecule has 114 heavy (non-hydrogen) atoms. The topological polar surface area (TPSA) is 14.7 Å². The van der Waals surface area contributed by atoms with E-state index in [-0.39, 0.29) is 12.0 Å². The Balaban J connectivity index is 0.584. The van der Waals surface area contributed by atoms with Crippen LogP contribution in [0.5, 0.6) is 0 Å². The molecule has 4 nitrogen and oxygen atoms in total. The molecular formula is C110H78N4. The second kappa shape index (κ2) is 30.2. The van der Waals surface area contributed by atoms with Gasteiger partial charge in [-0.25, -0.2) is 0 Å². The maximum atomic E-state index is 2.56. The first-order valence-corrected chi connectivity index (χ1v) is 39.4. The fourth-order valence-electron chi connectivity index (χ4n) is 17.3. The van der Waals surface area contributed by atoms with Crippen molar-refractivity contribution in [2.45, 2.75) is 12.0 Å². The van der Waals surface area contributed by atoms with Gasteiger partial charge in [0.25, 0.3) is 0 Å². The lowest BCUT2D eigenvalue weighted by Crippen LogP contribution is -2.29. The molecular weight excluding hydrogens is 1380 g/mol. The predicted octanol–water partition coefficient (Wildman–Crippen LogP) is 29.8. The van der Waals surface area contributed by atoms with Gasteiger partial charge in [-0.3, -0.25) is 0 Å². The molecule has 2 aliphatic rings. The Kier molecular flexibility index (Phi) is 18.1. The first-order valence-electron chi connectivity index (χ1n) is 39.4. The van der Waals surface area contributed by atoms with Crippen molar-refractivity contribution in [3.05, 3.63) is 471 Å². The van der Waals surface area contributed by atoms with Gasteiger partial charge in [0.05, 0.1) is 17.1 Å². The molecule has 2 unspecified atom stereocenters. The van der Waals surface area contributed by atoms with Crippen molar-refractivity contribution in [1.82, 2.24) is 4.57 Å². The van der Waals surface area contributed by atoms with Crippen LogP contribution in [0.1, 0.15) is 28.2 Å². The van der Waals surface area contributed by atoms with E-state index in [2.05, 4.69) is 480 Å². The van der Waals surface area contributed by atoms with E-state index in [1.807, 2.05) is 0 Å². The number of hydrogen-bond donors (Lipinski definition) is 0. The first-order chi connectivity index (χ1) is 56.5. The lowest BCUT2D eigenvalue weighted by Gasteiger charge is -2.31. The molecule has 0 spiro atoms. The quantitative estimate of drug-likeness (QED) is 0.0796. The van der Waals surface area contributed by atoms with Gasteiger partial charge in [-0.1, -0.05) is 328 Å². The number of para-hydroxylation sites is 2. The number of anilines is 8. The van der Waals surface area contributed by atoms with Gasteiger partial charge in [0.1, 0.15) is 0 Å². The monoisotopic (exact) mass is 1450 g/mol. The number of allylic oxidation sites excluding steroid dienone is 2. The summed E-state index contributed by atoms with van der Waals surface area (Å²) in [6, 6.07) is 157. The molecule has 2 heterocycles. The van der Waals surface area contributed by atoms with Crippen molar-refractivity contribution < 1.29 is 0 Å². The molecule has 18 aromatic rings. The average Bonchev–Trinajstić information content (AvgIpc) is 1.58. The third-order valence-corrected chi connectivity index (χ3v) is 22.8. The highest BCUT2D eigenvalue weighted by Gasteiger charge is 2.39. The standard InChI is InChI=1S/C110H78N4/c1-7-27-79(28-8-1)95-39-19-23-43-99(95)83-53-69-107-103(73-83)104-74-84(100-44-24-20-40-96(100)80-29-9-2-10-30-80)54-70-108(104)113(107)93-65-61-91(62-66-93)111(87-35-15-5-16-36-87)89-57-49-77(50-58-89)47-48-78-51-59-90(60-52-78)112(88-37-17-6-18-38-88)92-63-67-94(68-64-92)114-109-71-55-85(101-45-25-21-41-97(101)81-31-11-3-12-32-81)75-105(109)106-76-86(56-72-110(106)114)102-46-26-22-42-98(102)82-33-13-4-14-34-82/h1-76,103,107H/b48-47+. The van der Waals surface area contributed by atoms with Crippen LogP contribution >= 0.6 is 0 Å². The minimum atomic E-state index is 0.0634. The Morgan fingerprint density at radius 3 is 0.947 bits per heavy atom. The van der Waals surface area contributed by atoms with Crippen LogP contribution in [-0.2, 0) is 0 Å². The zero-order valence-electron chi connectivity index (χ0n) is 62.8. The van der Waals surface area contributed by atoms with E-state index >= 15 is 0 Å². The Bertz CT molecular complexity index is 6470. The SMILES string of the molecule is C1=CC2C(C=C1c1ccccc1-c1ccccc1)c1cc(-c3ccccc3-c3ccccc3)ccc1N2c1ccc(N(c2ccccc2)c2ccc(/C=C/c3ccc(N(c4ccccc4)c4ccc(-n5c6ccc(-c7ccccc7-c7ccccc7)cc6c6cc(-c7ccccc7-c7ccccc7)ccc65)cc4)cc3)cc2)cc1. The molecule has 0 radical (unpaired) electrons. The summed E-state index contributed by atoms with van der Waals surface area (Å²) in [5.41, 5.74) is 35.1. The van der Waals surface area contributed by atoms with Crippen molar-refractivity contribution in [2.75, 3.05) is 14.7 Å². The van der Waals surface area contributed by atoms with Crippen LogP contribution in [-0.4, -0.2) is 10.6 Å². The fraction of sp³-hybridized carbons (Fsp3) is 0.0182. The van der Waals surface area contributed by atoms with Crippen LogP contribution in [0.2, 0.25) is 0 Å². The molecule has 4 heteroatoms. The van der Waals surface area contributed by atoms with Gasteiger partial charge in [-0.15, -0.1) is 0 Å². The van der Waals surface area contributed by atoms with Crippen molar-refractivity contribution in [1.29, 1.82) is 0 Å². The maximum Gasteiger partial charge on any atom is 0.0630 e. The average molecular weight is 1460 g/mol. The fourth-order valence-corrected chi connectivity index (χ4v) is 17.3. The molecule has 20 rings (SSSR count). The number of nitrogens with zero attached hydrogens (tertiary/aromatic N) is 4. The second-order valence-corrected chi connectivity index (χ2v) is 29.5. The molecule has 0 N–H and O–H groups in total. The molecule has 0 bridgehead atoms. The van der Waals surface area contributed by atoms with Gasteiger partial charge >= 0.3 is 0 Å². The molecule has 17 aromatic carbocycles. The summed E-state index contributed by atoms with van der Waals surface area (Å²) in [4.78, 5) is 7.26. The minimum Gasteiger partial charge on any atom is -0.333 e. The zero-order chi connectivity index (χ0) is 75.7. The third kappa shape index (κ3) is 13.1. The predicted molar refractivity (Wildman–Crippen MR) is 482 cm³/mol. The van der Waals surface area contributed by atoms with E-state index in [0.717, 1.165) is 67.7 Å². The smallest absolute Gasteiger partial charge is 0.0630 e. The minimum absolute atomic E-state index is 0.0634. The summed E-state index contributed by atoms with van der Waals surface area (Å²) in [5, 5.41) is 2.40.